The van der Waals surface area contributed by atoms with Gasteiger partial charge in [-0.25, -0.2) is 4.98 Å². The lowest BCUT2D eigenvalue weighted by Crippen LogP contribution is -2.14. The monoisotopic (exact) mass is 313 g/mol. The van der Waals surface area contributed by atoms with E-state index >= 15 is 0 Å². The average Bonchev–Trinajstić information content (AvgIpc) is 3.01. The molecule has 4 nitrogen and oxygen atoms in total. The first-order valence-corrected chi connectivity index (χ1v) is 7.63. The largest absolute Gasteiger partial charge is 0.376 e. The molecule has 1 aromatic heterocycles. The molecule has 0 bridgehead atoms. The Morgan fingerprint density at radius 2 is 1.95 bits per heavy atom. The number of benzene rings is 1. The van der Waals surface area contributed by atoms with Gasteiger partial charge in [0, 0.05) is 6.54 Å². The molecule has 3 rings (SSSR count). The fourth-order valence-electron chi connectivity index (χ4n) is 2.74. The molecule has 0 radical (unpaired) electrons. The minimum atomic E-state index is 0.407. The molecule has 1 saturated carbocycles. The number of nitrogens with zero attached hydrogens (tertiary/aromatic N) is 2. The standard InChI is InChI=1S/C14H17Cl2N3O/c15-10-7-12-13(8-11(10)16)19(14(17)18-12)5-6-20-9-3-1-2-4-9/h7-9H,1-6H2,(H2,17,18). The van der Waals surface area contributed by atoms with Crippen molar-refractivity contribution in [1.29, 1.82) is 0 Å². The van der Waals surface area contributed by atoms with Gasteiger partial charge < -0.3 is 15.0 Å². The maximum absolute atomic E-state index is 6.06. The minimum Gasteiger partial charge on any atom is -0.376 e. The topological polar surface area (TPSA) is 53.1 Å². The summed E-state index contributed by atoms with van der Waals surface area (Å²) >= 11 is 12.1. The molecule has 0 aliphatic heterocycles. The Morgan fingerprint density at radius 3 is 2.70 bits per heavy atom. The maximum Gasteiger partial charge on any atom is 0.201 e. The third kappa shape index (κ3) is 2.73. The van der Waals surface area contributed by atoms with Crippen LogP contribution in [-0.4, -0.2) is 22.3 Å². The number of rotatable bonds is 4. The van der Waals surface area contributed by atoms with Crippen LogP contribution in [0.5, 0.6) is 0 Å². The number of aromatic nitrogens is 2. The van der Waals surface area contributed by atoms with E-state index in [1.807, 2.05) is 4.57 Å². The average molecular weight is 314 g/mol. The number of hydrogen-bond donors (Lipinski definition) is 1. The zero-order valence-electron chi connectivity index (χ0n) is 11.1. The SMILES string of the molecule is Nc1nc2cc(Cl)c(Cl)cc2n1CCOC1CCCC1. The molecule has 0 spiro atoms. The van der Waals surface area contributed by atoms with Crippen LogP contribution < -0.4 is 5.73 Å². The number of ether oxygens (including phenoxy) is 1. The molecule has 1 aromatic carbocycles. The molecular formula is C14H17Cl2N3O. The van der Waals surface area contributed by atoms with Crippen molar-refractivity contribution in [2.75, 3.05) is 12.3 Å². The van der Waals surface area contributed by atoms with Crippen LogP contribution in [0.25, 0.3) is 11.0 Å². The molecule has 1 heterocycles. The van der Waals surface area contributed by atoms with Crippen LogP contribution in [0.15, 0.2) is 12.1 Å². The minimum absolute atomic E-state index is 0.407. The first-order chi connectivity index (χ1) is 9.65. The quantitative estimate of drug-likeness (QED) is 0.931. The van der Waals surface area contributed by atoms with Crippen LogP contribution in [-0.2, 0) is 11.3 Å². The van der Waals surface area contributed by atoms with E-state index < -0.39 is 0 Å². The van der Waals surface area contributed by atoms with Gasteiger partial charge in [-0.3, -0.25) is 0 Å². The predicted molar refractivity (Wildman–Crippen MR) is 82.4 cm³/mol. The Hall–Kier alpha value is -0.970. The Labute approximate surface area is 127 Å². The summed E-state index contributed by atoms with van der Waals surface area (Å²) in [4.78, 5) is 4.31. The van der Waals surface area contributed by atoms with Crippen molar-refractivity contribution >= 4 is 40.2 Å². The molecule has 2 N–H and O–H groups in total. The number of nitrogen functional groups attached to an aromatic ring is 1. The first kappa shape index (κ1) is 14.0. The van der Waals surface area contributed by atoms with E-state index in [4.69, 9.17) is 33.7 Å². The number of imidazole rings is 1. The Balaban J connectivity index is 1.76. The molecular weight excluding hydrogens is 297 g/mol. The lowest BCUT2D eigenvalue weighted by Gasteiger charge is -2.12. The Kier molecular flexibility index (Phi) is 4.06. The van der Waals surface area contributed by atoms with Gasteiger partial charge in [0.2, 0.25) is 5.95 Å². The van der Waals surface area contributed by atoms with Gasteiger partial charge in [0.1, 0.15) is 0 Å². The summed E-state index contributed by atoms with van der Waals surface area (Å²) in [6.45, 7) is 1.32. The highest BCUT2D eigenvalue weighted by Gasteiger charge is 2.16. The van der Waals surface area contributed by atoms with Gasteiger partial charge in [0.25, 0.3) is 0 Å². The van der Waals surface area contributed by atoms with E-state index in [-0.39, 0.29) is 0 Å². The smallest absolute Gasteiger partial charge is 0.201 e. The number of fused-ring (bicyclic) bond motifs is 1. The van der Waals surface area contributed by atoms with Gasteiger partial charge in [0.05, 0.1) is 33.8 Å². The summed E-state index contributed by atoms with van der Waals surface area (Å²) in [5, 5.41) is 1.00. The fourth-order valence-corrected chi connectivity index (χ4v) is 3.06. The van der Waals surface area contributed by atoms with E-state index in [0.29, 0.717) is 35.2 Å². The van der Waals surface area contributed by atoms with E-state index in [1.165, 1.54) is 25.7 Å². The molecule has 1 fully saturated rings. The summed E-state index contributed by atoms with van der Waals surface area (Å²) in [6, 6.07) is 3.54. The highest BCUT2D eigenvalue weighted by Crippen LogP contribution is 2.29. The summed E-state index contributed by atoms with van der Waals surface area (Å²) in [7, 11) is 0. The first-order valence-electron chi connectivity index (χ1n) is 6.87. The molecule has 1 aliphatic rings. The van der Waals surface area contributed by atoms with Crippen molar-refractivity contribution in [3.63, 3.8) is 0 Å². The highest BCUT2D eigenvalue weighted by molar-refractivity contribution is 6.42. The van der Waals surface area contributed by atoms with Crippen LogP contribution in [0.2, 0.25) is 10.0 Å². The Morgan fingerprint density at radius 1 is 1.25 bits per heavy atom. The lowest BCUT2D eigenvalue weighted by molar-refractivity contribution is 0.0537. The molecule has 0 atom stereocenters. The summed E-state index contributed by atoms with van der Waals surface area (Å²) in [5.74, 6) is 0.466. The van der Waals surface area contributed by atoms with Crippen LogP contribution in [0.4, 0.5) is 5.95 Å². The van der Waals surface area contributed by atoms with Gasteiger partial charge in [-0.2, -0.15) is 0 Å². The normalized spacial score (nSPS) is 16.3. The van der Waals surface area contributed by atoms with E-state index in [2.05, 4.69) is 4.98 Å². The number of halogens is 2. The van der Waals surface area contributed by atoms with Crippen LogP contribution in [0, 0.1) is 0 Å². The van der Waals surface area contributed by atoms with E-state index in [1.54, 1.807) is 12.1 Å². The molecule has 1 aliphatic carbocycles. The fraction of sp³-hybridized carbons (Fsp3) is 0.500. The number of hydrogen-bond acceptors (Lipinski definition) is 3. The second-order valence-electron chi connectivity index (χ2n) is 5.15. The molecule has 6 heteroatoms. The van der Waals surface area contributed by atoms with Crippen LogP contribution >= 0.6 is 23.2 Å². The number of nitrogens with two attached hydrogens (primary N) is 1. The zero-order chi connectivity index (χ0) is 14.1. The van der Waals surface area contributed by atoms with Gasteiger partial charge in [-0.05, 0) is 25.0 Å². The summed E-state index contributed by atoms with van der Waals surface area (Å²) in [6.07, 6.45) is 5.29. The van der Waals surface area contributed by atoms with E-state index in [9.17, 15) is 0 Å². The van der Waals surface area contributed by atoms with Crippen molar-refractivity contribution in [2.24, 2.45) is 0 Å². The predicted octanol–water partition coefficient (Wildman–Crippen LogP) is 3.88. The summed E-state index contributed by atoms with van der Waals surface area (Å²) < 4.78 is 7.79. The van der Waals surface area contributed by atoms with E-state index in [0.717, 1.165) is 11.0 Å². The highest BCUT2D eigenvalue weighted by atomic mass is 35.5. The second-order valence-corrected chi connectivity index (χ2v) is 5.97. The maximum atomic E-state index is 6.06. The van der Waals surface area contributed by atoms with Crippen molar-refractivity contribution < 1.29 is 4.74 Å². The van der Waals surface area contributed by atoms with Crippen molar-refractivity contribution in [1.82, 2.24) is 9.55 Å². The summed E-state index contributed by atoms with van der Waals surface area (Å²) in [5.41, 5.74) is 7.61. The van der Waals surface area contributed by atoms with Crippen LogP contribution in [0.3, 0.4) is 0 Å². The third-order valence-corrected chi connectivity index (χ3v) is 4.51. The molecule has 2 aromatic rings. The third-order valence-electron chi connectivity index (χ3n) is 3.79. The molecule has 0 saturated heterocycles. The molecule has 108 valence electrons. The number of anilines is 1. The van der Waals surface area contributed by atoms with Crippen molar-refractivity contribution in [3.8, 4) is 0 Å². The Bertz CT molecular complexity index is 620. The van der Waals surface area contributed by atoms with Crippen molar-refractivity contribution in [3.05, 3.63) is 22.2 Å². The molecule has 20 heavy (non-hydrogen) atoms. The molecule has 0 unspecified atom stereocenters. The van der Waals surface area contributed by atoms with Gasteiger partial charge in [0.15, 0.2) is 0 Å². The van der Waals surface area contributed by atoms with Crippen molar-refractivity contribution in [2.45, 2.75) is 38.3 Å². The zero-order valence-corrected chi connectivity index (χ0v) is 12.6. The van der Waals surface area contributed by atoms with Crippen LogP contribution in [0.1, 0.15) is 25.7 Å². The lowest BCUT2D eigenvalue weighted by atomic mass is 10.3. The van der Waals surface area contributed by atoms with Gasteiger partial charge in [-0.15, -0.1) is 0 Å². The van der Waals surface area contributed by atoms with Gasteiger partial charge >= 0.3 is 0 Å². The second kappa shape index (κ2) is 5.80. The molecule has 0 amide bonds. The van der Waals surface area contributed by atoms with Gasteiger partial charge in [-0.1, -0.05) is 36.0 Å².